The molecule has 3 rings (SSSR count). The highest BCUT2D eigenvalue weighted by Gasteiger charge is 2.33. The van der Waals surface area contributed by atoms with Gasteiger partial charge in [0.05, 0.1) is 10.6 Å². The van der Waals surface area contributed by atoms with Gasteiger partial charge in [-0.2, -0.15) is 0 Å². The summed E-state index contributed by atoms with van der Waals surface area (Å²) in [5, 5.41) is 13.4. The van der Waals surface area contributed by atoms with Gasteiger partial charge in [-0.25, -0.2) is 4.79 Å². The lowest BCUT2D eigenvalue weighted by atomic mass is 10.1. The van der Waals surface area contributed by atoms with Gasteiger partial charge in [-0.1, -0.05) is 6.07 Å². The van der Waals surface area contributed by atoms with Gasteiger partial charge in [0.1, 0.15) is 5.57 Å². The number of likely N-dealkylation sites (N-methyl/N-ethyl adjacent to an activating group) is 1. The lowest BCUT2D eigenvalue weighted by Gasteiger charge is -2.22. The van der Waals surface area contributed by atoms with Crippen LogP contribution in [-0.4, -0.2) is 39.3 Å². The first-order valence-electron chi connectivity index (χ1n) is 8.41. The number of hydrogen-bond donors (Lipinski definition) is 1. The number of amides is 4. The second-order valence-electron chi connectivity index (χ2n) is 6.57. The quantitative estimate of drug-likeness (QED) is 0.379. The van der Waals surface area contributed by atoms with E-state index in [9.17, 15) is 24.5 Å². The topological polar surface area (TPSA) is 115 Å². The van der Waals surface area contributed by atoms with E-state index in [0.717, 1.165) is 10.6 Å². The Labute approximate surface area is 160 Å². The van der Waals surface area contributed by atoms with Crippen LogP contribution in [0, 0.1) is 30.9 Å². The second kappa shape index (κ2) is 6.76. The molecule has 9 nitrogen and oxygen atoms in total. The van der Waals surface area contributed by atoms with Crippen LogP contribution in [0.3, 0.4) is 0 Å². The second-order valence-corrected chi connectivity index (χ2v) is 6.57. The normalized spacial score (nSPS) is 15.9. The number of rotatable bonds is 3. The van der Waals surface area contributed by atoms with Gasteiger partial charge in [0.2, 0.25) is 0 Å². The molecular formula is C19H18N4O5. The van der Waals surface area contributed by atoms with Crippen LogP contribution in [-0.2, 0) is 9.59 Å². The molecule has 1 aromatic heterocycles. The summed E-state index contributed by atoms with van der Waals surface area (Å²) in [6.07, 6.45) is 1.42. The number of nitro groups is 1. The van der Waals surface area contributed by atoms with Gasteiger partial charge < -0.3 is 4.57 Å². The Bertz CT molecular complexity index is 1080. The molecule has 0 atom stereocenters. The Balaban J connectivity index is 2.10. The van der Waals surface area contributed by atoms with Crippen LogP contribution >= 0.6 is 0 Å². The van der Waals surface area contributed by atoms with Crippen molar-refractivity contribution in [2.24, 2.45) is 0 Å². The molecule has 0 saturated carbocycles. The molecule has 1 saturated heterocycles. The van der Waals surface area contributed by atoms with E-state index in [2.05, 4.69) is 5.32 Å². The zero-order chi connectivity index (χ0) is 20.7. The SMILES string of the molecule is Cc1ccc(-n2c(C)cc(/C=C3/C(=O)NC(=O)N(C)C3=O)c2C)cc1[N+](=O)[O-]. The van der Waals surface area contributed by atoms with Crippen LogP contribution in [0.25, 0.3) is 11.8 Å². The minimum atomic E-state index is -0.774. The maximum absolute atomic E-state index is 12.3. The maximum Gasteiger partial charge on any atom is 0.331 e. The van der Waals surface area contributed by atoms with Crippen molar-refractivity contribution in [2.75, 3.05) is 7.05 Å². The standard InChI is InChI=1S/C19H18N4O5/c1-10-5-6-14(9-16(10)23(27)28)22-11(2)7-13(12(22)3)8-15-17(24)20-19(26)21(4)18(15)25/h5-9H,1-4H3,(H,20,24,26)/b15-8-. The van der Waals surface area contributed by atoms with Crippen molar-refractivity contribution < 1.29 is 19.3 Å². The Morgan fingerprint density at radius 1 is 1.11 bits per heavy atom. The molecular weight excluding hydrogens is 364 g/mol. The van der Waals surface area contributed by atoms with Crippen molar-refractivity contribution in [3.05, 3.63) is 62.5 Å². The smallest absolute Gasteiger partial charge is 0.318 e. The lowest BCUT2D eigenvalue weighted by molar-refractivity contribution is -0.385. The summed E-state index contributed by atoms with van der Waals surface area (Å²) >= 11 is 0. The van der Waals surface area contributed by atoms with Crippen molar-refractivity contribution >= 4 is 29.6 Å². The van der Waals surface area contributed by atoms with E-state index in [0.29, 0.717) is 22.5 Å². The molecule has 1 aliphatic rings. The summed E-state index contributed by atoms with van der Waals surface area (Å²) in [5.41, 5.74) is 3.07. The maximum atomic E-state index is 12.3. The molecule has 1 fully saturated rings. The van der Waals surface area contributed by atoms with Gasteiger partial charge in [0.15, 0.2) is 0 Å². The molecule has 28 heavy (non-hydrogen) atoms. The van der Waals surface area contributed by atoms with Crippen LogP contribution in [0.4, 0.5) is 10.5 Å². The minimum Gasteiger partial charge on any atom is -0.318 e. The van der Waals surface area contributed by atoms with Crippen LogP contribution in [0.5, 0.6) is 0 Å². The summed E-state index contributed by atoms with van der Waals surface area (Å²) in [6, 6.07) is 5.92. The number of barbiturate groups is 1. The number of hydrogen-bond acceptors (Lipinski definition) is 5. The molecule has 0 bridgehead atoms. The molecule has 144 valence electrons. The van der Waals surface area contributed by atoms with E-state index in [-0.39, 0.29) is 11.3 Å². The largest absolute Gasteiger partial charge is 0.331 e. The minimum absolute atomic E-state index is 0.00637. The molecule has 4 amide bonds. The van der Waals surface area contributed by atoms with E-state index in [4.69, 9.17) is 0 Å². The molecule has 2 aromatic rings. The van der Waals surface area contributed by atoms with E-state index < -0.39 is 22.8 Å². The predicted molar refractivity (Wildman–Crippen MR) is 101 cm³/mol. The fraction of sp³-hybridized carbons (Fsp3) is 0.211. The molecule has 0 aliphatic carbocycles. The van der Waals surface area contributed by atoms with Crippen molar-refractivity contribution in [2.45, 2.75) is 20.8 Å². The van der Waals surface area contributed by atoms with Crippen LogP contribution in [0.1, 0.15) is 22.5 Å². The predicted octanol–water partition coefficient (Wildman–Crippen LogP) is 2.40. The van der Waals surface area contributed by atoms with Gasteiger partial charge in [0, 0.05) is 30.1 Å². The lowest BCUT2D eigenvalue weighted by Crippen LogP contribution is -2.52. The number of nitrogens with one attached hydrogen (secondary N) is 1. The van der Waals surface area contributed by atoms with Gasteiger partial charge in [-0.3, -0.25) is 29.9 Å². The van der Waals surface area contributed by atoms with Crippen molar-refractivity contribution in [1.29, 1.82) is 0 Å². The first kappa shape index (κ1) is 19.0. The molecule has 0 radical (unpaired) electrons. The zero-order valence-electron chi connectivity index (χ0n) is 15.8. The average Bonchev–Trinajstić information content (AvgIpc) is 2.91. The molecule has 1 aliphatic heterocycles. The molecule has 2 heterocycles. The third kappa shape index (κ3) is 3.07. The number of aryl methyl sites for hydroxylation is 2. The third-order valence-corrected chi connectivity index (χ3v) is 4.72. The fourth-order valence-electron chi connectivity index (χ4n) is 3.17. The summed E-state index contributed by atoms with van der Waals surface area (Å²) in [4.78, 5) is 47.5. The van der Waals surface area contributed by atoms with Gasteiger partial charge in [0.25, 0.3) is 17.5 Å². The van der Waals surface area contributed by atoms with Crippen LogP contribution < -0.4 is 5.32 Å². The zero-order valence-corrected chi connectivity index (χ0v) is 15.8. The summed E-state index contributed by atoms with van der Waals surface area (Å²) in [5.74, 6) is -1.45. The Hall–Kier alpha value is -3.75. The van der Waals surface area contributed by atoms with Crippen molar-refractivity contribution in [3.63, 3.8) is 0 Å². The summed E-state index contributed by atoms with van der Waals surface area (Å²) in [7, 11) is 1.28. The van der Waals surface area contributed by atoms with Crippen LogP contribution in [0.2, 0.25) is 0 Å². The van der Waals surface area contributed by atoms with Gasteiger partial charge in [-0.15, -0.1) is 0 Å². The van der Waals surface area contributed by atoms with Crippen molar-refractivity contribution in [3.8, 4) is 5.69 Å². The number of carbonyl (C=O) groups is 3. The molecule has 1 N–H and O–H groups in total. The van der Waals surface area contributed by atoms with Gasteiger partial charge >= 0.3 is 6.03 Å². The first-order valence-corrected chi connectivity index (χ1v) is 8.41. The van der Waals surface area contributed by atoms with E-state index in [1.54, 1.807) is 36.6 Å². The monoisotopic (exact) mass is 382 g/mol. The first-order chi connectivity index (χ1) is 13.1. The van der Waals surface area contributed by atoms with E-state index in [1.165, 1.54) is 19.2 Å². The Kier molecular flexibility index (Phi) is 4.60. The number of carbonyl (C=O) groups excluding carboxylic acids is 3. The number of imide groups is 2. The molecule has 0 spiro atoms. The third-order valence-electron chi connectivity index (χ3n) is 4.72. The highest BCUT2D eigenvalue weighted by Crippen LogP contribution is 2.27. The number of nitrogens with zero attached hydrogens (tertiary/aromatic N) is 3. The fourth-order valence-corrected chi connectivity index (χ4v) is 3.17. The number of benzene rings is 1. The van der Waals surface area contributed by atoms with Gasteiger partial charge in [-0.05, 0) is 44.5 Å². The van der Waals surface area contributed by atoms with E-state index in [1.807, 2.05) is 6.92 Å². The molecule has 9 heteroatoms. The highest BCUT2D eigenvalue weighted by atomic mass is 16.6. The molecule has 0 unspecified atom stereocenters. The average molecular weight is 382 g/mol. The van der Waals surface area contributed by atoms with E-state index >= 15 is 0 Å². The summed E-state index contributed by atoms with van der Waals surface area (Å²) < 4.78 is 1.80. The molecule has 1 aromatic carbocycles. The number of nitro benzene ring substituents is 1. The Morgan fingerprint density at radius 2 is 1.79 bits per heavy atom. The van der Waals surface area contributed by atoms with Crippen molar-refractivity contribution in [1.82, 2.24) is 14.8 Å². The number of aromatic nitrogens is 1. The Morgan fingerprint density at radius 3 is 2.43 bits per heavy atom. The highest BCUT2D eigenvalue weighted by molar-refractivity contribution is 6.30. The van der Waals surface area contributed by atoms with Crippen LogP contribution in [0.15, 0.2) is 29.8 Å². The number of urea groups is 1. The summed E-state index contributed by atoms with van der Waals surface area (Å²) in [6.45, 7) is 5.27.